The van der Waals surface area contributed by atoms with E-state index in [0.29, 0.717) is 16.9 Å². The van der Waals surface area contributed by atoms with Crippen molar-refractivity contribution in [2.24, 2.45) is 0 Å². The standard InChI is InChI=1S/C15H14FN3/c1-10(11-4-2-6-13(16)8-11)19-14-7-3-5-12(9-17)15(14)18/h2-8,10,19H,18H2,1H3. The predicted molar refractivity (Wildman–Crippen MR) is 74.0 cm³/mol. The SMILES string of the molecule is CC(Nc1cccc(C#N)c1N)c1cccc(F)c1. The Morgan fingerprint density at radius 2 is 2.00 bits per heavy atom. The summed E-state index contributed by atoms with van der Waals surface area (Å²) in [6.45, 7) is 1.91. The molecule has 0 amide bonds. The molecule has 1 unspecified atom stereocenters. The minimum atomic E-state index is -0.273. The summed E-state index contributed by atoms with van der Waals surface area (Å²) in [7, 11) is 0. The summed E-state index contributed by atoms with van der Waals surface area (Å²) in [4.78, 5) is 0. The molecule has 96 valence electrons. The van der Waals surface area contributed by atoms with Crippen molar-refractivity contribution >= 4 is 11.4 Å². The van der Waals surface area contributed by atoms with Gasteiger partial charge in [-0.2, -0.15) is 5.26 Å². The molecule has 4 heteroatoms. The minimum absolute atomic E-state index is 0.105. The van der Waals surface area contributed by atoms with E-state index in [-0.39, 0.29) is 11.9 Å². The molecule has 0 saturated heterocycles. The zero-order valence-corrected chi connectivity index (χ0v) is 10.5. The van der Waals surface area contributed by atoms with Gasteiger partial charge >= 0.3 is 0 Å². The molecular formula is C15H14FN3. The average molecular weight is 255 g/mol. The molecule has 0 aliphatic rings. The van der Waals surface area contributed by atoms with Crippen molar-refractivity contribution in [3.63, 3.8) is 0 Å². The van der Waals surface area contributed by atoms with Crippen molar-refractivity contribution in [3.05, 3.63) is 59.4 Å². The molecule has 1 atom stereocenters. The summed E-state index contributed by atoms with van der Waals surface area (Å²) in [5.74, 6) is -0.273. The van der Waals surface area contributed by atoms with E-state index < -0.39 is 0 Å². The van der Waals surface area contributed by atoms with E-state index in [0.717, 1.165) is 5.56 Å². The number of nitrogen functional groups attached to an aromatic ring is 1. The molecule has 0 radical (unpaired) electrons. The Balaban J connectivity index is 2.25. The molecule has 0 aliphatic heterocycles. The molecule has 0 heterocycles. The molecule has 0 aromatic heterocycles. The maximum Gasteiger partial charge on any atom is 0.123 e. The van der Waals surface area contributed by atoms with Gasteiger partial charge in [-0.05, 0) is 36.8 Å². The van der Waals surface area contributed by atoms with Gasteiger partial charge in [0.25, 0.3) is 0 Å². The van der Waals surface area contributed by atoms with Crippen molar-refractivity contribution in [3.8, 4) is 6.07 Å². The van der Waals surface area contributed by atoms with Crippen LogP contribution in [0.3, 0.4) is 0 Å². The molecule has 0 bridgehead atoms. The number of hydrogen-bond acceptors (Lipinski definition) is 3. The third-order valence-electron chi connectivity index (χ3n) is 2.95. The van der Waals surface area contributed by atoms with Crippen LogP contribution in [0, 0.1) is 17.1 Å². The summed E-state index contributed by atoms with van der Waals surface area (Å²) in [5.41, 5.74) is 8.23. The molecule has 2 aromatic rings. The van der Waals surface area contributed by atoms with Crippen LogP contribution >= 0.6 is 0 Å². The number of para-hydroxylation sites is 1. The predicted octanol–water partition coefficient (Wildman–Crippen LogP) is 3.45. The number of nitrogens with two attached hydrogens (primary N) is 1. The number of nitrogens with zero attached hydrogens (tertiary/aromatic N) is 1. The summed E-state index contributed by atoms with van der Waals surface area (Å²) in [5, 5.41) is 12.1. The van der Waals surface area contributed by atoms with Crippen LogP contribution in [0.1, 0.15) is 24.1 Å². The van der Waals surface area contributed by atoms with Crippen LogP contribution in [0.4, 0.5) is 15.8 Å². The van der Waals surface area contributed by atoms with Gasteiger partial charge in [-0.15, -0.1) is 0 Å². The third-order valence-corrected chi connectivity index (χ3v) is 2.95. The largest absolute Gasteiger partial charge is 0.396 e. The smallest absolute Gasteiger partial charge is 0.123 e. The van der Waals surface area contributed by atoms with Gasteiger partial charge in [0, 0.05) is 6.04 Å². The molecule has 0 aliphatic carbocycles. The molecular weight excluding hydrogens is 241 g/mol. The first-order valence-electron chi connectivity index (χ1n) is 5.92. The number of hydrogen-bond donors (Lipinski definition) is 2. The van der Waals surface area contributed by atoms with Crippen LogP contribution in [0.15, 0.2) is 42.5 Å². The number of rotatable bonds is 3. The Hall–Kier alpha value is -2.54. The van der Waals surface area contributed by atoms with Crippen LogP contribution in [0.2, 0.25) is 0 Å². The van der Waals surface area contributed by atoms with E-state index in [2.05, 4.69) is 5.32 Å². The second-order valence-electron chi connectivity index (χ2n) is 4.30. The normalized spacial score (nSPS) is 11.6. The van der Waals surface area contributed by atoms with Crippen LogP contribution in [-0.2, 0) is 0 Å². The van der Waals surface area contributed by atoms with Crippen molar-refractivity contribution in [2.75, 3.05) is 11.1 Å². The van der Waals surface area contributed by atoms with Gasteiger partial charge < -0.3 is 11.1 Å². The highest BCUT2D eigenvalue weighted by molar-refractivity contribution is 5.73. The maximum absolute atomic E-state index is 13.2. The number of anilines is 2. The monoisotopic (exact) mass is 255 g/mol. The van der Waals surface area contributed by atoms with Crippen LogP contribution < -0.4 is 11.1 Å². The Bertz CT molecular complexity index is 632. The maximum atomic E-state index is 13.2. The Kier molecular flexibility index (Phi) is 3.67. The lowest BCUT2D eigenvalue weighted by Crippen LogP contribution is -2.09. The zero-order chi connectivity index (χ0) is 13.8. The fourth-order valence-corrected chi connectivity index (χ4v) is 1.88. The van der Waals surface area contributed by atoms with Crippen LogP contribution in [0.25, 0.3) is 0 Å². The summed E-state index contributed by atoms with van der Waals surface area (Å²) in [6.07, 6.45) is 0. The number of nitriles is 1. The van der Waals surface area contributed by atoms with Crippen molar-refractivity contribution < 1.29 is 4.39 Å². The first kappa shape index (κ1) is 12.9. The molecule has 3 nitrogen and oxygen atoms in total. The highest BCUT2D eigenvalue weighted by atomic mass is 19.1. The number of nitrogens with one attached hydrogen (secondary N) is 1. The quantitative estimate of drug-likeness (QED) is 0.826. The van der Waals surface area contributed by atoms with Gasteiger partial charge in [0.2, 0.25) is 0 Å². The molecule has 0 saturated carbocycles. The highest BCUT2D eigenvalue weighted by Gasteiger charge is 2.09. The fourth-order valence-electron chi connectivity index (χ4n) is 1.88. The van der Waals surface area contributed by atoms with Gasteiger partial charge in [0.05, 0.1) is 16.9 Å². The summed E-state index contributed by atoms with van der Waals surface area (Å²) < 4.78 is 13.2. The lowest BCUT2D eigenvalue weighted by atomic mass is 10.1. The van der Waals surface area contributed by atoms with Crippen LogP contribution in [0.5, 0.6) is 0 Å². The van der Waals surface area contributed by atoms with Gasteiger partial charge in [-0.3, -0.25) is 0 Å². The summed E-state index contributed by atoms with van der Waals surface area (Å²) >= 11 is 0. The van der Waals surface area contributed by atoms with Gasteiger partial charge in [0.15, 0.2) is 0 Å². The van der Waals surface area contributed by atoms with Gasteiger partial charge in [-0.1, -0.05) is 18.2 Å². The van der Waals surface area contributed by atoms with Gasteiger partial charge in [-0.25, -0.2) is 4.39 Å². The fraction of sp³-hybridized carbons (Fsp3) is 0.133. The highest BCUT2D eigenvalue weighted by Crippen LogP contribution is 2.26. The Labute approximate surface area is 111 Å². The average Bonchev–Trinajstić information content (AvgIpc) is 2.41. The summed E-state index contributed by atoms with van der Waals surface area (Å²) in [6, 6.07) is 13.5. The first-order chi connectivity index (χ1) is 9.11. The van der Waals surface area contributed by atoms with E-state index in [1.165, 1.54) is 12.1 Å². The Morgan fingerprint density at radius 1 is 1.26 bits per heavy atom. The lowest BCUT2D eigenvalue weighted by Gasteiger charge is -2.17. The molecule has 0 fully saturated rings. The van der Waals surface area contributed by atoms with Crippen LogP contribution in [-0.4, -0.2) is 0 Å². The molecule has 2 rings (SSSR count). The zero-order valence-electron chi connectivity index (χ0n) is 10.5. The van der Waals surface area contributed by atoms with E-state index >= 15 is 0 Å². The van der Waals surface area contributed by atoms with E-state index in [4.69, 9.17) is 11.0 Å². The molecule has 0 spiro atoms. The van der Waals surface area contributed by atoms with Crippen molar-refractivity contribution in [1.29, 1.82) is 5.26 Å². The number of halogens is 1. The molecule has 19 heavy (non-hydrogen) atoms. The molecule has 2 aromatic carbocycles. The minimum Gasteiger partial charge on any atom is -0.396 e. The van der Waals surface area contributed by atoms with Crippen molar-refractivity contribution in [2.45, 2.75) is 13.0 Å². The van der Waals surface area contributed by atoms with Gasteiger partial charge in [0.1, 0.15) is 11.9 Å². The second kappa shape index (κ2) is 5.40. The lowest BCUT2D eigenvalue weighted by molar-refractivity contribution is 0.623. The second-order valence-corrected chi connectivity index (χ2v) is 4.30. The van der Waals surface area contributed by atoms with Crippen molar-refractivity contribution in [1.82, 2.24) is 0 Å². The first-order valence-corrected chi connectivity index (χ1v) is 5.92. The Morgan fingerprint density at radius 3 is 2.68 bits per heavy atom. The molecule has 3 N–H and O–H groups in total. The topological polar surface area (TPSA) is 61.8 Å². The van der Waals surface area contributed by atoms with E-state index in [1.807, 2.05) is 19.1 Å². The third kappa shape index (κ3) is 2.83. The van der Waals surface area contributed by atoms with E-state index in [9.17, 15) is 4.39 Å². The number of benzene rings is 2. The van der Waals surface area contributed by atoms with E-state index in [1.54, 1.807) is 24.3 Å².